The first-order valence-electron chi connectivity index (χ1n) is 5.08. The van der Waals surface area contributed by atoms with E-state index >= 15 is 0 Å². The highest BCUT2D eigenvalue weighted by Crippen LogP contribution is 2.10. The zero-order chi connectivity index (χ0) is 13.4. The number of hydroxylamine groups is 1. The average molecular weight is 257 g/mol. The van der Waals surface area contributed by atoms with Gasteiger partial charge in [-0.2, -0.15) is 0 Å². The predicted octanol–water partition coefficient (Wildman–Crippen LogP) is 0.727. The van der Waals surface area contributed by atoms with Crippen LogP contribution in [-0.2, 0) is 14.4 Å². The molecule has 1 aromatic rings. The molecule has 0 radical (unpaired) electrons. The zero-order valence-corrected chi connectivity index (χ0v) is 9.39. The summed E-state index contributed by atoms with van der Waals surface area (Å²) in [5.41, 5.74) is 1.95. The number of nitrogens with one attached hydrogen (secondary N) is 1. The lowest BCUT2D eigenvalue weighted by Gasteiger charge is -2.06. The van der Waals surface area contributed by atoms with Crippen LogP contribution in [0.25, 0.3) is 0 Å². The van der Waals surface area contributed by atoms with Crippen LogP contribution in [0.1, 0.15) is 6.42 Å². The molecule has 0 bridgehead atoms. The molecule has 1 aromatic carbocycles. The molecule has 0 aliphatic carbocycles. The number of amides is 1. The number of carboxylic acids is 1. The number of halogens is 1. The number of rotatable bonds is 7. The second-order valence-electron chi connectivity index (χ2n) is 3.26. The van der Waals surface area contributed by atoms with Gasteiger partial charge in [0.2, 0.25) is 5.91 Å². The van der Waals surface area contributed by atoms with E-state index in [0.717, 1.165) is 0 Å². The van der Waals surface area contributed by atoms with Crippen molar-refractivity contribution in [2.75, 3.05) is 13.2 Å². The van der Waals surface area contributed by atoms with Gasteiger partial charge in [0, 0.05) is 0 Å². The third-order valence-corrected chi connectivity index (χ3v) is 1.79. The fourth-order valence-electron chi connectivity index (χ4n) is 1.02. The molecular formula is C11H12FNO5. The molecule has 0 atom stereocenters. The van der Waals surface area contributed by atoms with Crippen LogP contribution in [0.3, 0.4) is 0 Å². The molecule has 2 N–H and O–H groups in total. The topological polar surface area (TPSA) is 84.9 Å². The highest BCUT2D eigenvalue weighted by atomic mass is 19.1. The normalized spacial score (nSPS) is 9.83. The predicted molar refractivity (Wildman–Crippen MR) is 58.2 cm³/mol. The Labute approximate surface area is 102 Å². The van der Waals surface area contributed by atoms with E-state index in [1.165, 1.54) is 24.3 Å². The minimum absolute atomic E-state index is 0.00298. The van der Waals surface area contributed by atoms with Crippen molar-refractivity contribution >= 4 is 11.9 Å². The Morgan fingerprint density at radius 2 is 1.94 bits per heavy atom. The molecule has 1 amide bonds. The van der Waals surface area contributed by atoms with Gasteiger partial charge in [-0.3, -0.25) is 9.63 Å². The van der Waals surface area contributed by atoms with Crippen LogP contribution in [-0.4, -0.2) is 30.2 Å². The maximum Gasteiger partial charge on any atom is 0.332 e. The highest BCUT2D eigenvalue weighted by Gasteiger charge is 2.03. The van der Waals surface area contributed by atoms with Gasteiger partial charge in [-0.1, -0.05) is 0 Å². The molecular weight excluding hydrogens is 245 g/mol. The summed E-state index contributed by atoms with van der Waals surface area (Å²) in [6.07, 6.45) is -0.00298. The van der Waals surface area contributed by atoms with Crippen molar-refractivity contribution in [2.45, 2.75) is 6.42 Å². The Morgan fingerprint density at radius 3 is 2.56 bits per heavy atom. The summed E-state index contributed by atoms with van der Waals surface area (Å²) in [5, 5.41) is 8.24. The number of hydrogen-bond acceptors (Lipinski definition) is 4. The SMILES string of the molecule is O=C(O)CONC(=O)CCOc1ccc(F)cc1. The maximum absolute atomic E-state index is 12.6. The second kappa shape index (κ2) is 7.23. The summed E-state index contributed by atoms with van der Waals surface area (Å²) in [6, 6.07) is 5.36. The van der Waals surface area contributed by atoms with Gasteiger partial charge in [-0.25, -0.2) is 14.7 Å². The van der Waals surface area contributed by atoms with Crippen LogP contribution >= 0.6 is 0 Å². The van der Waals surface area contributed by atoms with Crippen LogP contribution in [0, 0.1) is 5.82 Å². The van der Waals surface area contributed by atoms with E-state index in [0.29, 0.717) is 5.75 Å². The van der Waals surface area contributed by atoms with Crippen LogP contribution < -0.4 is 10.2 Å². The van der Waals surface area contributed by atoms with E-state index in [1.807, 2.05) is 5.48 Å². The van der Waals surface area contributed by atoms with Gasteiger partial charge >= 0.3 is 5.97 Å². The largest absolute Gasteiger partial charge is 0.493 e. The van der Waals surface area contributed by atoms with E-state index in [1.54, 1.807) is 0 Å². The fourth-order valence-corrected chi connectivity index (χ4v) is 1.02. The Kier molecular flexibility index (Phi) is 5.59. The Morgan fingerprint density at radius 1 is 1.28 bits per heavy atom. The maximum atomic E-state index is 12.6. The molecule has 18 heavy (non-hydrogen) atoms. The minimum atomic E-state index is -1.18. The molecule has 0 aliphatic heterocycles. The van der Waals surface area contributed by atoms with Crippen LogP contribution in [0.2, 0.25) is 0 Å². The van der Waals surface area contributed by atoms with Gasteiger partial charge in [0.25, 0.3) is 0 Å². The van der Waals surface area contributed by atoms with Gasteiger partial charge in [0.1, 0.15) is 11.6 Å². The minimum Gasteiger partial charge on any atom is -0.493 e. The van der Waals surface area contributed by atoms with Gasteiger partial charge < -0.3 is 9.84 Å². The number of ether oxygens (including phenoxy) is 1. The third-order valence-electron chi connectivity index (χ3n) is 1.79. The number of carboxylic acid groups (broad SMARTS) is 1. The lowest BCUT2D eigenvalue weighted by molar-refractivity contribution is -0.149. The van der Waals surface area contributed by atoms with E-state index in [-0.39, 0.29) is 18.8 Å². The summed E-state index contributed by atoms with van der Waals surface area (Å²) >= 11 is 0. The van der Waals surface area contributed by atoms with Crippen molar-refractivity contribution < 1.29 is 28.7 Å². The van der Waals surface area contributed by atoms with Crippen molar-refractivity contribution in [1.82, 2.24) is 5.48 Å². The number of benzene rings is 1. The first-order chi connectivity index (χ1) is 8.58. The highest BCUT2D eigenvalue weighted by molar-refractivity contribution is 5.75. The van der Waals surface area contributed by atoms with Crippen LogP contribution in [0.4, 0.5) is 4.39 Å². The number of carbonyl (C=O) groups excluding carboxylic acids is 1. The van der Waals surface area contributed by atoms with E-state index < -0.39 is 18.5 Å². The molecule has 0 aromatic heterocycles. The Hall–Kier alpha value is -2.15. The Bertz CT molecular complexity index is 406. The average Bonchev–Trinajstić information content (AvgIpc) is 2.31. The molecule has 0 unspecified atom stereocenters. The molecule has 0 saturated heterocycles. The summed E-state index contributed by atoms with van der Waals surface area (Å²) in [7, 11) is 0. The number of aliphatic carboxylic acids is 1. The van der Waals surface area contributed by atoms with Gasteiger partial charge in [-0.15, -0.1) is 0 Å². The number of carbonyl (C=O) groups is 2. The molecule has 0 fully saturated rings. The first-order valence-corrected chi connectivity index (χ1v) is 5.08. The quantitative estimate of drug-likeness (QED) is 0.703. The Balaban J connectivity index is 2.15. The lowest BCUT2D eigenvalue weighted by atomic mass is 10.3. The zero-order valence-electron chi connectivity index (χ0n) is 9.39. The van der Waals surface area contributed by atoms with E-state index in [9.17, 15) is 14.0 Å². The molecule has 0 spiro atoms. The summed E-state index contributed by atoms with van der Waals surface area (Å²) in [6.45, 7) is -0.529. The first kappa shape index (κ1) is 13.9. The molecule has 7 heteroatoms. The van der Waals surface area contributed by atoms with Gasteiger partial charge in [0.05, 0.1) is 13.0 Å². The monoisotopic (exact) mass is 257 g/mol. The standard InChI is InChI=1S/C11H12FNO5/c12-8-1-3-9(4-2-8)17-6-5-10(14)13-18-7-11(15)16/h1-4H,5-7H2,(H,13,14)(H,15,16). The molecule has 1 rings (SSSR count). The fraction of sp³-hybridized carbons (Fsp3) is 0.273. The molecule has 6 nitrogen and oxygen atoms in total. The molecule has 0 heterocycles. The molecule has 0 aliphatic rings. The lowest BCUT2D eigenvalue weighted by Crippen LogP contribution is -2.27. The van der Waals surface area contributed by atoms with Crippen molar-refractivity contribution in [3.8, 4) is 5.75 Å². The van der Waals surface area contributed by atoms with Crippen LogP contribution in [0.15, 0.2) is 24.3 Å². The van der Waals surface area contributed by atoms with Crippen molar-refractivity contribution in [3.05, 3.63) is 30.1 Å². The second-order valence-corrected chi connectivity index (χ2v) is 3.26. The van der Waals surface area contributed by atoms with E-state index in [2.05, 4.69) is 4.84 Å². The van der Waals surface area contributed by atoms with Crippen molar-refractivity contribution in [3.63, 3.8) is 0 Å². The summed E-state index contributed by atoms with van der Waals surface area (Å²) < 4.78 is 17.7. The molecule has 98 valence electrons. The van der Waals surface area contributed by atoms with Crippen molar-refractivity contribution in [1.29, 1.82) is 0 Å². The van der Waals surface area contributed by atoms with Crippen LogP contribution in [0.5, 0.6) is 5.75 Å². The molecule has 0 saturated carbocycles. The van der Waals surface area contributed by atoms with Gasteiger partial charge in [-0.05, 0) is 24.3 Å². The summed E-state index contributed by atoms with van der Waals surface area (Å²) in [5.74, 6) is -1.62. The van der Waals surface area contributed by atoms with E-state index in [4.69, 9.17) is 9.84 Å². The smallest absolute Gasteiger partial charge is 0.332 e. The summed E-state index contributed by atoms with van der Waals surface area (Å²) in [4.78, 5) is 25.5. The number of hydrogen-bond donors (Lipinski definition) is 2. The third kappa shape index (κ3) is 5.80. The van der Waals surface area contributed by atoms with Crippen molar-refractivity contribution in [2.24, 2.45) is 0 Å². The van der Waals surface area contributed by atoms with Gasteiger partial charge in [0.15, 0.2) is 6.61 Å².